The van der Waals surface area contributed by atoms with Crippen LogP contribution in [0.4, 0.5) is 5.13 Å². The molecular weight excluding hydrogens is 286 g/mol. The normalized spacial score (nSPS) is 10.9. The lowest BCUT2D eigenvalue weighted by Crippen LogP contribution is -1.90. The van der Waals surface area contributed by atoms with Crippen LogP contribution in [0.15, 0.2) is 39.2 Å². The topological polar surface area (TPSA) is 37.3 Å². The number of anilines is 1. The van der Waals surface area contributed by atoms with Crippen LogP contribution >= 0.6 is 27.3 Å². The molecule has 0 aliphatic rings. The molecule has 0 fully saturated rings. The van der Waals surface area contributed by atoms with Gasteiger partial charge in [0.25, 0.3) is 0 Å². The van der Waals surface area contributed by atoms with Crippen LogP contribution in [0.3, 0.4) is 0 Å². The van der Waals surface area contributed by atoms with E-state index in [4.69, 9.17) is 0 Å². The molecule has 16 heavy (non-hydrogen) atoms. The number of hydrogen-bond donors (Lipinski definition) is 1. The summed E-state index contributed by atoms with van der Waals surface area (Å²) in [5.74, 6) is 0. The Kier molecular flexibility index (Phi) is 3.69. The van der Waals surface area contributed by atoms with Crippen molar-refractivity contribution in [3.8, 4) is 0 Å². The number of aromatic nitrogens is 1. The van der Waals surface area contributed by atoms with E-state index in [0.717, 1.165) is 20.9 Å². The maximum Gasteiger partial charge on any atom is 0.203 e. The van der Waals surface area contributed by atoms with E-state index in [1.165, 1.54) is 0 Å². The maximum absolute atomic E-state index is 4.25. The number of rotatable bonds is 3. The third-order valence-electron chi connectivity index (χ3n) is 1.89. The minimum Gasteiger partial charge on any atom is -0.253 e. The molecule has 1 N–H and O–H groups in total. The average Bonchev–Trinajstić information content (AvgIpc) is 2.67. The third-order valence-corrected chi connectivity index (χ3v) is 3.48. The smallest absolute Gasteiger partial charge is 0.203 e. The lowest BCUT2D eigenvalue weighted by Gasteiger charge is -1.96. The van der Waals surface area contributed by atoms with E-state index < -0.39 is 0 Å². The molecule has 0 radical (unpaired) electrons. The minimum atomic E-state index is 0.806. The molecule has 0 spiro atoms. The first kappa shape index (κ1) is 11.3. The Bertz CT molecular complexity index is 507. The van der Waals surface area contributed by atoms with Gasteiger partial charge in [0.15, 0.2) is 0 Å². The zero-order valence-corrected chi connectivity index (χ0v) is 11.0. The van der Waals surface area contributed by atoms with E-state index in [-0.39, 0.29) is 0 Å². The second kappa shape index (κ2) is 5.23. The fourth-order valence-corrected chi connectivity index (χ4v) is 2.17. The molecule has 0 saturated carbocycles. The summed E-state index contributed by atoms with van der Waals surface area (Å²) in [4.78, 5) is 4.25. The molecule has 0 aliphatic heterocycles. The predicted molar refractivity (Wildman–Crippen MR) is 72.2 cm³/mol. The first-order valence-corrected chi connectivity index (χ1v) is 6.39. The van der Waals surface area contributed by atoms with E-state index in [1.807, 2.05) is 36.6 Å². The summed E-state index contributed by atoms with van der Waals surface area (Å²) in [6.07, 6.45) is 1.76. The fourth-order valence-electron chi connectivity index (χ4n) is 1.14. The lowest BCUT2D eigenvalue weighted by atomic mass is 10.2. The van der Waals surface area contributed by atoms with E-state index in [2.05, 4.69) is 31.4 Å². The van der Waals surface area contributed by atoms with E-state index >= 15 is 0 Å². The molecule has 82 valence electrons. The maximum atomic E-state index is 4.25. The summed E-state index contributed by atoms with van der Waals surface area (Å²) in [7, 11) is 0. The summed E-state index contributed by atoms with van der Waals surface area (Å²) in [5.41, 5.74) is 4.93. The van der Waals surface area contributed by atoms with Crippen molar-refractivity contribution in [3.05, 3.63) is 45.4 Å². The number of aryl methyl sites for hydroxylation is 1. The van der Waals surface area contributed by atoms with Gasteiger partial charge in [-0.2, -0.15) is 5.10 Å². The monoisotopic (exact) mass is 295 g/mol. The highest BCUT2D eigenvalue weighted by Gasteiger charge is 1.96. The molecule has 0 atom stereocenters. The highest BCUT2D eigenvalue weighted by atomic mass is 79.9. The van der Waals surface area contributed by atoms with Crippen molar-refractivity contribution in [1.29, 1.82) is 0 Å². The quantitative estimate of drug-likeness (QED) is 0.693. The van der Waals surface area contributed by atoms with Crippen molar-refractivity contribution in [2.24, 2.45) is 5.10 Å². The first-order valence-electron chi connectivity index (χ1n) is 4.71. The fraction of sp³-hybridized carbons (Fsp3) is 0.0909. The second-order valence-electron chi connectivity index (χ2n) is 3.19. The Morgan fingerprint density at radius 2 is 2.25 bits per heavy atom. The summed E-state index contributed by atoms with van der Waals surface area (Å²) in [6.45, 7) is 1.96. The number of hydrazone groups is 1. The Labute approximate surface area is 106 Å². The highest BCUT2D eigenvalue weighted by Crippen LogP contribution is 2.15. The van der Waals surface area contributed by atoms with Gasteiger partial charge in [0.2, 0.25) is 5.13 Å². The number of halogens is 1. The highest BCUT2D eigenvalue weighted by molar-refractivity contribution is 9.10. The molecule has 0 saturated heterocycles. The van der Waals surface area contributed by atoms with E-state index in [1.54, 1.807) is 17.6 Å². The largest absolute Gasteiger partial charge is 0.253 e. The van der Waals surface area contributed by atoms with Gasteiger partial charge in [-0.3, -0.25) is 5.43 Å². The molecule has 1 heterocycles. The Hall–Kier alpha value is -1.20. The van der Waals surface area contributed by atoms with E-state index in [0.29, 0.717) is 0 Å². The zero-order chi connectivity index (χ0) is 11.4. The molecule has 0 aliphatic carbocycles. The molecule has 2 aromatic rings. The number of nitrogens with one attached hydrogen (secondary N) is 1. The van der Waals surface area contributed by atoms with Gasteiger partial charge in [-0.25, -0.2) is 4.98 Å². The van der Waals surface area contributed by atoms with Crippen LogP contribution in [0.1, 0.15) is 11.3 Å². The van der Waals surface area contributed by atoms with Crippen molar-refractivity contribution in [1.82, 2.24) is 4.98 Å². The van der Waals surface area contributed by atoms with Crippen LogP contribution in [0.25, 0.3) is 0 Å². The lowest BCUT2D eigenvalue weighted by molar-refractivity contribution is 1.22. The van der Waals surface area contributed by atoms with Gasteiger partial charge in [0.1, 0.15) is 0 Å². The first-order chi connectivity index (χ1) is 7.75. The van der Waals surface area contributed by atoms with Crippen molar-refractivity contribution in [2.75, 3.05) is 5.43 Å². The zero-order valence-electron chi connectivity index (χ0n) is 8.64. The predicted octanol–water partition coefficient (Wildman–Crippen LogP) is 3.66. The molecule has 0 bridgehead atoms. The van der Waals surface area contributed by atoms with Crippen LogP contribution in [0.2, 0.25) is 0 Å². The minimum absolute atomic E-state index is 0.806. The van der Waals surface area contributed by atoms with Gasteiger partial charge < -0.3 is 0 Å². The molecule has 1 aromatic heterocycles. The summed E-state index contributed by atoms with van der Waals surface area (Å²) in [5, 5.41) is 6.92. The third kappa shape index (κ3) is 2.90. The van der Waals surface area contributed by atoms with Crippen LogP contribution in [0, 0.1) is 6.92 Å². The van der Waals surface area contributed by atoms with Crippen LogP contribution in [-0.2, 0) is 0 Å². The summed E-state index contributed by atoms with van der Waals surface area (Å²) in [6, 6.07) is 7.91. The van der Waals surface area contributed by atoms with Gasteiger partial charge >= 0.3 is 0 Å². The number of thiazole rings is 1. The van der Waals surface area contributed by atoms with Gasteiger partial charge in [0.05, 0.1) is 11.9 Å². The molecule has 3 nitrogen and oxygen atoms in total. The van der Waals surface area contributed by atoms with Crippen LogP contribution in [-0.4, -0.2) is 11.2 Å². The SMILES string of the molecule is Cc1csc(NN=Cc2ccccc2Br)n1. The standard InChI is InChI=1S/C11H10BrN3S/c1-8-7-16-11(14-8)15-13-6-9-4-2-3-5-10(9)12/h2-7H,1H3,(H,14,15). The van der Waals surface area contributed by atoms with Crippen molar-refractivity contribution in [2.45, 2.75) is 6.92 Å². The number of hydrogen-bond acceptors (Lipinski definition) is 4. The second-order valence-corrected chi connectivity index (χ2v) is 4.90. The molecule has 5 heteroatoms. The summed E-state index contributed by atoms with van der Waals surface area (Å²) < 4.78 is 1.02. The van der Waals surface area contributed by atoms with Crippen LogP contribution in [0.5, 0.6) is 0 Å². The molecule has 0 amide bonds. The molecule has 0 unspecified atom stereocenters. The van der Waals surface area contributed by atoms with Crippen molar-refractivity contribution < 1.29 is 0 Å². The Balaban J connectivity index is 2.03. The summed E-state index contributed by atoms with van der Waals surface area (Å²) >= 11 is 5.00. The number of benzene rings is 1. The van der Waals surface area contributed by atoms with Gasteiger partial charge in [-0.1, -0.05) is 34.1 Å². The van der Waals surface area contributed by atoms with Crippen molar-refractivity contribution >= 4 is 38.6 Å². The molecule has 1 aromatic carbocycles. The molecular formula is C11H10BrN3S. The molecule has 2 rings (SSSR count). The van der Waals surface area contributed by atoms with Gasteiger partial charge in [0, 0.05) is 15.4 Å². The van der Waals surface area contributed by atoms with Gasteiger partial charge in [-0.15, -0.1) is 11.3 Å². The van der Waals surface area contributed by atoms with E-state index in [9.17, 15) is 0 Å². The van der Waals surface area contributed by atoms with Crippen molar-refractivity contribution in [3.63, 3.8) is 0 Å². The average molecular weight is 296 g/mol. The van der Waals surface area contributed by atoms with Gasteiger partial charge in [-0.05, 0) is 13.0 Å². The number of nitrogens with zero attached hydrogens (tertiary/aromatic N) is 2. The Morgan fingerprint density at radius 3 is 2.94 bits per heavy atom. The Morgan fingerprint density at radius 1 is 1.44 bits per heavy atom. The van der Waals surface area contributed by atoms with Crippen LogP contribution < -0.4 is 5.43 Å².